The molecule has 1 fully saturated rings. The predicted molar refractivity (Wildman–Crippen MR) is 78.0 cm³/mol. The van der Waals surface area contributed by atoms with Gasteiger partial charge in [0.1, 0.15) is 0 Å². The Labute approximate surface area is 119 Å². The van der Waals surface area contributed by atoms with Gasteiger partial charge in [-0.25, -0.2) is 9.37 Å². The first-order valence-electron chi connectivity index (χ1n) is 6.75. The zero-order valence-electron chi connectivity index (χ0n) is 12.1. The van der Waals surface area contributed by atoms with Crippen molar-refractivity contribution in [1.82, 2.24) is 4.98 Å². The molecule has 0 spiro atoms. The fourth-order valence-electron chi connectivity index (χ4n) is 3.66. The molecule has 1 aliphatic carbocycles. The molecule has 1 aromatic heterocycles. The molecule has 2 rings (SSSR count). The van der Waals surface area contributed by atoms with Crippen molar-refractivity contribution in [1.29, 1.82) is 0 Å². The maximum absolute atomic E-state index is 13.8. The molecule has 1 aromatic rings. The van der Waals surface area contributed by atoms with Crippen LogP contribution in [0.25, 0.3) is 0 Å². The van der Waals surface area contributed by atoms with Gasteiger partial charge in [0.15, 0.2) is 11.6 Å². The molecular weight excluding hydrogens is 263 g/mol. The van der Waals surface area contributed by atoms with Crippen molar-refractivity contribution in [3.63, 3.8) is 0 Å². The summed E-state index contributed by atoms with van der Waals surface area (Å²) >= 11 is 5.72. The molecule has 0 bridgehead atoms. The van der Waals surface area contributed by atoms with Crippen molar-refractivity contribution in [3.8, 4) is 0 Å². The lowest BCUT2D eigenvalue weighted by Crippen LogP contribution is -2.40. The van der Waals surface area contributed by atoms with Crippen LogP contribution in [0.5, 0.6) is 0 Å². The Morgan fingerprint density at radius 1 is 1.26 bits per heavy atom. The van der Waals surface area contributed by atoms with Crippen LogP contribution in [0.15, 0.2) is 12.3 Å². The normalized spacial score (nSPS) is 22.2. The SMILES string of the molecule is CC1(C)CC(Nc2ncc(Cl)cc2F)CC(C)(C)C1. The van der Waals surface area contributed by atoms with E-state index in [9.17, 15) is 4.39 Å². The van der Waals surface area contributed by atoms with Crippen molar-refractivity contribution >= 4 is 17.4 Å². The maximum atomic E-state index is 13.8. The van der Waals surface area contributed by atoms with Gasteiger partial charge in [-0.2, -0.15) is 0 Å². The second kappa shape index (κ2) is 4.93. The second-order valence-corrected chi connectivity index (χ2v) is 7.68. The first-order chi connectivity index (χ1) is 8.67. The van der Waals surface area contributed by atoms with E-state index in [2.05, 4.69) is 38.0 Å². The second-order valence-electron chi connectivity index (χ2n) is 7.24. The lowest BCUT2D eigenvalue weighted by atomic mass is 9.63. The maximum Gasteiger partial charge on any atom is 0.166 e. The molecule has 106 valence electrons. The molecule has 2 nitrogen and oxygen atoms in total. The van der Waals surface area contributed by atoms with Crippen LogP contribution in [0.2, 0.25) is 5.02 Å². The quantitative estimate of drug-likeness (QED) is 0.836. The van der Waals surface area contributed by atoms with Crippen molar-refractivity contribution < 1.29 is 4.39 Å². The Bertz CT molecular complexity index is 455. The number of rotatable bonds is 2. The number of nitrogens with one attached hydrogen (secondary N) is 1. The van der Waals surface area contributed by atoms with E-state index in [0.29, 0.717) is 10.8 Å². The smallest absolute Gasteiger partial charge is 0.166 e. The topological polar surface area (TPSA) is 24.9 Å². The number of nitrogens with zero attached hydrogens (tertiary/aromatic N) is 1. The van der Waals surface area contributed by atoms with E-state index in [1.807, 2.05) is 0 Å². The van der Waals surface area contributed by atoms with Gasteiger partial charge in [-0.1, -0.05) is 39.3 Å². The number of hydrogen-bond acceptors (Lipinski definition) is 2. The van der Waals surface area contributed by atoms with Gasteiger partial charge in [0, 0.05) is 12.2 Å². The van der Waals surface area contributed by atoms with E-state index in [0.717, 1.165) is 12.8 Å². The highest BCUT2D eigenvalue weighted by Crippen LogP contribution is 2.46. The summed E-state index contributed by atoms with van der Waals surface area (Å²) in [6, 6.07) is 1.55. The largest absolute Gasteiger partial charge is 0.365 e. The van der Waals surface area contributed by atoms with Crippen LogP contribution in [0.3, 0.4) is 0 Å². The van der Waals surface area contributed by atoms with Crippen LogP contribution in [-0.4, -0.2) is 11.0 Å². The summed E-state index contributed by atoms with van der Waals surface area (Å²) in [5.41, 5.74) is 0.532. The minimum Gasteiger partial charge on any atom is -0.365 e. The van der Waals surface area contributed by atoms with E-state index in [1.165, 1.54) is 18.7 Å². The molecule has 0 aliphatic heterocycles. The van der Waals surface area contributed by atoms with Crippen molar-refractivity contribution in [2.24, 2.45) is 10.8 Å². The first kappa shape index (κ1) is 14.6. The molecule has 0 aromatic carbocycles. The minimum absolute atomic E-state index is 0.252. The average molecular weight is 285 g/mol. The van der Waals surface area contributed by atoms with Crippen LogP contribution in [0.1, 0.15) is 47.0 Å². The van der Waals surface area contributed by atoms with Crippen LogP contribution in [0, 0.1) is 16.6 Å². The van der Waals surface area contributed by atoms with Gasteiger partial charge in [-0.05, 0) is 36.2 Å². The third kappa shape index (κ3) is 3.82. The Hall–Kier alpha value is -0.830. The average Bonchev–Trinajstić information content (AvgIpc) is 2.17. The zero-order valence-corrected chi connectivity index (χ0v) is 12.8. The van der Waals surface area contributed by atoms with Gasteiger partial charge in [0.05, 0.1) is 5.02 Å². The molecule has 0 atom stereocenters. The lowest BCUT2D eigenvalue weighted by molar-refractivity contribution is 0.105. The van der Waals surface area contributed by atoms with Crippen molar-refractivity contribution in [2.75, 3.05) is 5.32 Å². The summed E-state index contributed by atoms with van der Waals surface area (Å²) in [7, 11) is 0. The van der Waals surface area contributed by atoms with Crippen LogP contribution < -0.4 is 5.32 Å². The fraction of sp³-hybridized carbons (Fsp3) is 0.667. The molecule has 0 radical (unpaired) electrons. The van der Waals surface area contributed by atoms with E-state index in [-0.39, 0.29) is 22.7 Å². The number of aromatic nitrogens is 1. The molecule has 19 heavy (non-hydrogen) atoms. The Balaban J connectivity index is 2.14. The summed E-state index contributed by atoms with van der Waals surface area (Å²) in [4.78, 5) is 4.05. The highest BCUT2D eigenvalue weighted by molar-refractivity contribution is 6.30. The molecule has 1 N–H and O–H groups in total. The summed E-state index contributed by atoms with van der Waals surface area (Å²) in [6.45, 7) is 9.09. The van der Waals surface area contributed by atoms with Gasteiger partial charge < -0.3 is 5.32 Å². The number of pyridine rings is 1. The molecule has 1 heterocycles. The highest BCUT2D eigenvalue weighted by atomic mass is 35.5. The molecule has 1 saturated carbocycles. The highest BCUT2D eigenvalue weighted by Gasteiger charge is 2.38. The third-order valence-electron chi connectivity index (χ3n) is 3.70. The first-order valence-corrected chi connectivity index (χ1v) is 7.12. The van der Waals surface area contributed by atoms with Crippen LogP contribution >= 0.6 is 11.6 Å². The summed E-state index contributed by atoms with van der Waals surface area (Å²) < 4.78 is 13.8. The van der Waals surface area contributed by atoms with E-state index in [4.69, 9.17) is 11.6 Å². The fourth-order valence-corrected chi connectivity index (χ4v) is 3.81. The molecule has 0 amide bonds. The van der Waals surface area contributed by atoms with Gasteiger partial charge in [-0.3, -0.25) is 0 Å². The van der Waals surface area contributed by atoms with E-state index < -0.39 is 0 Å². The molecule has 4 heteroatoms. The van der Waals surface area contributed by atoms with Crippen LogP contribution in [0.4, 0.5) is 10.2 Å². The number of halogens is 2. The van der Waals surface area contributed by atoms with E-state index >= 15 is 0 Å². The monoisotopic (exact) mass is 284 g/mol. The third-order valence-corrected chi connectivity index (χ3v) is 3.91. The Morgan fingerprint density at radius 2 is 1.84 bits per heavy atom. The summed E-state index contributed by atoms with van der Waals surface area (Å²) in [5, 5.41) is 3.57. The zero-order chi connectivity index (χ0) is 14.3. The van der Waals surface area contributed by atoms with Gasteiger partial charge in [0.2, 0.25) is 0 Å². The summed E-state index contributed by atoms with van der Waals surface area (Å²) in [6.07, 6.45) is 4.72. The van der Waals surface area contributed by atoms with Gasteiger partial charge >= 0.3 is 0 Å². The molecule has 0 saturated heterocycles. The Kier molecular flexibility index (Phi) is 3.78. The standard InChI is InChI=1S/C15H22ClFN2/c1-14(2)6-11(7-15(3,4)9-14)19-13-12(17)5-10(16)8-18-13/h5,8,11H,6-7,9H2,1-4H3,(H,18,19). The summed E-state index contributed by atoms with van der Waals surface area (Å²) in [5.74, 6) is -0.0726. The Morgan fingerprint density at radius 3 is 2.37 bits per heavy atom. The van der Waals surface area contributed by atoms with Crippen molar-refractivity contribution in [3.05, 3.63) is 23.1 Å². The van der Waals surface area contributed by atoms with Gasteiger partial charge in [-0.15, -0.1) is 0 Å². The lowest BCUT2D eigenvalue weighted by Gasteiger charge is -2.45. The van der Waals surface area contributed by atoms with Gasteiger partial charge in [0.25, 0.3) is 0 Å². The predicted octanol–water partition coefficient (Wildman–Crippen LogP) is 4.89. The number of hydrogen-bond donors (Lipinski definition) is 1. The number of anilines is 1. The molecular formula is C15H22ClFN2. The van der Waals surface area contributed by atoms with Crippen LogP contribution in [-0.2, 0) is 0 Å². The molecule has 1 aliphatic rings. The van der Waals surface area contributed by atoms with E-state index in [1.54, 1.807) is 0 Å². The minimum atomic E-state index is -0.381. The molecule has 0 unspecified atom stereocenters. The van der Waals surface area contributed by atoms with Crippen molar-refractivity contribution in [2.45, 2.75) is 53.0 Å².